The highest BCUT2D eigenvalue weighted by molar-refractivity contribution is 9.10. The summed E-state index contributed by atoms with van der Waals surface area (Å²) >= 11 is 3.52. The zero-order valence-corrected chi connectivity index (χ0v) is 12.7. The van der Waals surface area contributed by atoms with Crippen molar-refractivity contribution in [2.45, 2.75) is 32.1 Å². The topological polar surface area (TPSA) is 12.0 Å². The molecule has 2 aromatic rings. The van der Waals surface area contributed by atoms with Gasteiger partial charge in [0.2, 0.25) is 0 Å². The summed E-state index contributed by atoms with van der Waals surface area (Å²) in [6, 6.07) is 13.1. The van der Waals surface area contributed by atoms with Gasteiger partial charge in [0.25, 0.3) is 0 Å². The summed E-state index contributed by atoms with van der Waals surface area (Å²) < 4.78 is 1.14. The van der Waals surface area contributed by atoms with Crippen LogP contribution in [-0.4, -0.2) is 6.54 Å². The minimum atomic E-state index is 0.870. The van der Waals surface area contributed by atoms with Gasteiger partial charge >= 0.3 is 0 Å². The fourth-order valence-electron chi connectivity index (χ4n) is 2.98. The molecule has 100 valence electrons. The molecule has 1 saturated carbocycles. The van der Waals surface area contributed by atoms with Crippen LogP contribution in [0.3, 0.4) is 0 Å². The molecule has 1 aliphatic carbocycles. The zero-order valence-electron chi connectivity index (χ0n) is 11.2. The Kier molecular flexibility index (Phi) is 4.07. The molecule has 0 amide bonds. The lowest BCUT2D eigenvalue weighted by molar-refractivity contribution is 0.373. The molecule has 3 rings (SSSR count). The van der Waals surface area contributed by atoms with Gasteiger partial charge in [-0.1, -0.05) is 47.3 Å². The molecule has 0 heterocycles. The fourth-order valence-corrected chi connectivity index (χ4v) is 3.36. The van der Waals surface area contributed by atoms with Crippen molar-refractivity contribution in [1.82, 2.24) is 0 Å². The molecule has 0 radical (unpaired) electrons. The van der Waals surface area contributed by atoms with E-state index in [0.717, 1.165) is 16.9 Å². The fraction of sp³-hybridized carbons (Fsp3) is 0.412. The van der Waals surface area contributed by atoms with Gasteiger partial charge in [0.15, 0.2) is 0 Å². The molecule has 19 heavy (non-hydrogen) atoms. The Morgan fingerprint density at radius 2 is 1.68 bits per heavy atom. The number of benzene rings is 2. The predicted octanol–water partition coefficient (Wildman–Crippen LogP) is 5.59. The van der Waals surface area contributed by atoms with E-state index in [2.05, 4.69) is 57.6 Å². The number of nitrogens with one attached hydrogen (secondary N) is 1. The van der Waals surface area contributed by atoms with E-state index in [1.165, 1.54) is 48.6 Å². The van der Waals surface area contributed by atoms with E-state index in [-0.39, 0.29) is 0 Å². The van der Waals surface area contributed by atoms with E-state index < -0.39 is 0 Å². The molecule has 0 aromatic heterocycles. The Morgan fingerprint density at radius 3 is 2.53 bits per heavy atom. The van der Waals surface area contributed by atoms with Gasteiger partial charge in [0.05, 0.1) is 0 Å². The first-order valence-corrected chi connectivity index (χ1v) is 8.04. The third-order valence-corrected chi connectivity index (χ3v) is 4.62. The van der Waals surface area contributed by atoms with Gasteiger partial charge < -0.3 is 5.32 Å². The lowest BCUT2D eigenvalue weighted by Gasteiger charge is -2.22. The van der Waals surface area contributed by atoms with E-state index in [9.17, 15) is 0 Å². The molecule has 0 aliphatic heterocycles. The van der Waals surface area contributed by atoms with Gasteiger partial charge in [-0.15, -0.1) is 0 Å². The van der Waals surface area contributed by atoms with Crippen molar-refractivity contribution < 1.29 is 0 Å². The van der Waals surface area contributed by atoms with Crippen molar-refractivity contribution in [2.75, 3.05) is 11.9 Å². The van der Waals surface area contributed by atoms with Crippen molar-refractivity contribution in [1.29, 1.82) is 0 Å². The quantitative estimate of drug-likeness (QED) is 0.777. The highest BCUT2D eigenvalue weighted by Gasteiger charge is 2.12. The first-order valence-electron chi connectivity index (χ1n) is 7.24. The third kappa shape index (κ3) is 3.30. The molecular formula is C17H20BrN. The lowest BCUT2D eigenvalue weighted by atomic mass is 9.89. The van der Waals surface area contributed by atoms with E-state index in [1.54, 1.807) is 0 Å². The summed E-state index contributed by atoms with van der Waals surface area (Å²) in [5.41, 5.74) is 1.25. The Hall–Kier alpha value is -1.02. The van der Waals surface area contributed by atoms with Crippen molar-refractivity contribution >= 4 is 32.4 Å². The molecule has 0 spiro atoms. The molecule has 1 N–H and O–H groups in total. The number of hydrogen-bond donors (Lipinski definition) is 1. The van der Waals surface area contributed by atoms with Gasteiger partial charge in [-0.2, -0.15) is 0 Å². The van der Waals surface area contributed by atoms with Gasteiger partial charge in [-0.3, -0.25) is 0 Å². The Bertz CT molecular complexity index is 558. The maximum atomic E-state index is 3.61. The summed E-state index contributed by atoms with van der Waals surface area (Å²) in [5.74, 6) is 0.870. The average molecular weight is 318 g/mol. The van der Waals surface area contributed by atoms with Crippen LogP contribution in [0.4, 0.5) is 5.69 Å². The summed E-state index contributed by atoms with van der Waals surface area (Å²) in [7, 11) is 0. The van der Waals surface area contributed by atoms with Crippen LogP contribution in [0, 0.1) is 5.92 Å². The molecule has 2 aromatic carbocycles. The van der Waals surface area contributed by atoms with E-state index in [1.807, 2.05) is 0 Å². The van der Waals surface area contributed by atoms with Crippen LogP contribution >= 0.6 is 15.9 Å². The molecule has 0 atom stereocenters. The summed E-state index contributed by atoms with van der Waals surface area (Å²) in [6.07, 6.45) is 7.05. The maximum Gasteiger partial charge on any atom is 0.0346 e. The van der Waals surface area contributed by atoms with Crippen LogP contribution < -0.4 is 5.32 Å². The summed E-state index contributed by atoms with van der Waals surface area (Å²) in [6.45, 7) is 1.13. The molecular weight excluding hydrogens is 298 g/mol. The average Bonchev–Trinajstić information content (AvgIpc) is 2.46. The van der Waals surface area contributed by atoms with Gasteiger partial charge in [-0.05, 0) is 53.8 Å². The second kappa shape index (κ2) is 5.96. The summed E-state index contributed by atoms with van der Waals surface area (Å²) in [5, 5.41) is 6.20. The second-order valence-electron chi connectivity index (χ2n) is 5.59. The number of hydrogen-bond acceptors (Lipinski definition) is 1. The van der Waals surface area contributed by atoms with Gasteiger partial charge in [0, 0.05) is 16.7 Å². The molecule has 0 saturated heterocycles. The van der Waals surface area contributed by atoms with E-state index in [4.69, 9.17) is 0 Å². The van der Waals surface area contributed by atoms with Crippen LogP contribution in [0.1, 0.15) is 32.1 Å². The van der Waals surface area contributed by atoms with Crippen molar-refractivity contribution in [3.8, 4) is 0 Å². The molecule has 1 nitrogen and oxygen atoms in total. The van der Waals surface area contributed by atoms with Crippen LogP contribution in [0.25, 0.3) is 10.8 Å². The number of rotatable bonds is 3. The van der Waals surface area contributed by atoms with Crippen LogP contribution in [0.15, 0.2) is 40.9 Å². The van der Waals surface area contributed by atoms with Crippen molar-refractivity contribution in [3.63, 3.8) is 0 Å². The lowest BCUT2D eigenvalue weighted by Crippen LogP contribution is -2.16. The van der Waals surface area contributed by atoms with Crippen LogP contribution in [0.5, 0.6) is 0 Å². The first kappa shape index (κ1) is 13.0. The largest absolute Gasteiger partial charge is 0.385 e. The van der Waals surface area contributed by atoms with Crippen LogP contribution in [0.2, 0.25) is 0 Å². The van der Waals surface area contributed by atoms with Crippen LogP contribution in [-0.2, 0) is 0 Å². The monoisotopic (exact) mass is 317 g/mol. The molecule has 0 unspecified atom stereocenters. The van der Waals surface area contributed by atoms with E-state index in [0.29, 0.717) is 0 Å². The standard InChI is InChI=1S/C17H20BrN/c18-16-8-6-15-11-17(9-7-14(15)10-16)19-12-13-4-2-1-3-5-13/h6-11,13,19H,1-5,12H2. The molecule has 0 bridgehead atoms. The van der Waals surface area contributed by atoms with Gasteiger partial charge in [-0.25, -0.2) is 0 Å². The Morgan fingerprint density at radius 1 is 0.947 bits per heavy atom. The second-order valence-corrected chi connectivity index (χ2v) is 6.51. The third-order valence-electron chi connectivity index (χ3n) is 4.12. The van der Waals surface area contributed by atoms with Gasteiger partial charge in [0.1, 0.15) is 0 Å². The Balaban J connectivity index is 1.69. The smallest absolute Gasteiger partial charge is 0.0346 e. The number of fused-ring (bicyclic) bond motifs is 1. The molecule has 2 heteroatoms. The normalized spacial score (nSPS) is 16.7. The number of halogens is 1. The highest BCUT2D eigenvalue weighted by Crippen LogP contribution is 2.26. The number of anilines is 1. The van der Waals surface area contributed by atoms with E-state index >= 15 is 0 Å². The highest BCUT2D eigenvalue weighted by atomic mass is 79.9. The Labute approximate surface area is 123 Å². The molecule has 1 aliphatic rings. The first-order chi connectivity index (χ1) is 9.31. The zero-order chi connectivity index (χ0) is 13.1. The minimum absolute atomic E-state index is 0.870. The van der Waals surface area contributed by atoms with Crippen molar-refractivity contribution in [2.24, 2.45) is 5.92 Å². The minimum Gasteiger partial charge on any atom is -0.385 e. The predicted molar refractivity (Wildman–Crippen MR) is 86.7 cm³/mol. The molecule has 1 fully saturated rings. The van der Waals surface area contributed by atoms with Crippen molar-refractivity contribution in [3.05, 3.63) is 40.9 Å². The SMILES string of the molecule is Brc1ccc2cc(NCC3CCCCC3)ccc2c1. The maximum absolute atomic E-state index is 3.61. The summed E-state index contributed by atoms with van der Waals surface area (Å²) in [4.78, 5) is 0.